The van der Waals surface area contributed by atoms with Gasteiger partial charge in [-0.05, 0) is 47.7 Å². The van der Waals surface area contributed by atoms with Gasteiger partial charge in [0.2, 0.25) is 11.8 Å². The van der Waals surface area contributed by atoms with E-state index in [-0.39, 0.29) is 18.1 Å². The second-order valence-electron chi connectivity index (χ2n) is 9.78. The number of benzene rings is 2. The molecule has 2 amide bonds. The van der Waals surface area contributed by atoms with Crippen LogP contribution in [0.25, 0.3) is 0 Å². The molecular formula is C29H38N2O7S. The van der Waals surface area contributed by atoms with Crippen molar-refractivity contribution in [3.63, 3.8) is 0 Å². The molecule has 0 heterocycles. The van der Waals surface area contributed by atoms with Crippen LogP contribution in [0.1, 0.15) is 51.2 Å². The number of carboxylic acid groups (broad SMARTS) is 1. The highest BCUT2D eigenvalue weighted by Crippen LogP contribution is 2.25. The van der Waals surface area contributed by atoms with E-state index < -0.39 is 42.1 Å². The van der Waals surface area contributed by atoms with Crippen molar-refractivity contribution in [3.05, 3.63) is 53.6 Å². The number of carboxylic acids is 1. The smallest absolute Gasteiger partial charge is 0.305 e. The Kier molecular flexibility index (Phi) is 12.3. The number of rotatable bonds is 15. The molecule has 0 bridgehead atoms. The summed E-state index contributed by atoms with van der Waals surface area (Å²) in [6, 6.07) is 10.7. The monoisotopic (exact) mass is 558 g/mol. The highest BCUT2D eigenvalue weighted by molar-refractivity contribution is 8.00. The Bertz CT molecular complexity index is 1150. The van der Waals surface area contributed by atoms with Crippen LogP contribution < -0.4 is 20.1 Å². The van der Waals surface area contributed by atoms with Crippen molar-refractivity contribution < 1.29 is 33.8 Å². The third-order valence-electron chi connectivity index (χ3n) is 6.12. The lowest BCUT2D eigenvalue weighted by atomic mass is 10.0. The highest BCUT2D eigenvalue weighted by Gasteiger charge is 2.30. The third kappa shape index (κ3) is 9.94. The predicted molar refractivity (Wildman–Crippen MR) is 150 cm³/mol. The van der Waals surface area contributed by atoms with Gasteiger partial charge >= 0.3 is 5.97 Å². The molecule has 0 aromatic heterocycles. The summed E-state index contributed by atoms with van der Waals surface area (Å²) in [7, 11) is 3.01. The van der Waals surface area contributed by atoms with Crippen LogP contribution in [0.3, 0.4) is 0 Å². The summed E-state index contributed by atoms with van der Waals surface area (Å²) in [4.78, 5) is 51.3. The van der Waals surface area contributed by atoms with Crippen molar-refractivity contribution in [1.29, 1.82) is 0 Å². The molecule has 2 rings (SSSR count). The van der Waals surface area contributed by atoms with Crippen molar-refractivity contribution in [3.8, 4) is 11.5 Å². The Morgan fingerprint density at radius 3 is 2.13 bits per heavy atom. The first kappa shape index (κ1) is 31.7. The molecule has 0 aliphatic rings. The molecular weight excluding hydrogens is 520 g/mol. The quantitative estimate of drug-likeness (QED) is 0.281. The number of nitrogens with one attached hydrogen (secondary N) is 2. The fraction of sp³-hybridized carbons (Fsp3) is 0.448. The number of Topliss-reactive ketones (excluding diaryl/α,β-unsaturated/α-hetero) is 1. The summed E-state index contributed by atoms with van der Waals surface area (Å²) in [6.07, 6.45) is -0.627. The second-order valence-corrected chi connectivity index (χ2v) is 10.8. The van der Waals surface area contributed by atoms with Crippen LogP contribution in [0.5, 0.6) is 11.5 Å². The number of hydrogen-bond acceptors (Lipinski definition) is 7. The number of hydrogen-bond donors (Lipinski definition) is 3. The maximum atomic E-state index is 13.1. The third-order valence-corrected chi connectivity index (χ3v) is 7.15. The zero-order valence-corrected chi connectivity index (χ0v) is 24.1. The fourth-order valence-corrected chi connectivity index (χ4v) is 4.68. The standard InChI is InChI=1S/C29H38N2O7S/c1-17(2)19-7-10-22(11-8-19)39-16-24(32)23(15-27(34)35)30-29(36)28(18(3)4)31-26(33)14-20-13-21(37-5)9-12-25(20)38-6/h7-13,17-18,23,28H,14-16H2,1-6H3,(H,30,36)(H,31,33)(H,34,35)/t23?,28-/m0/s1. The van der Waals surface area contributed by atoms with E-state index in [0.717, 1.165) is 4.90 Å². The summed E-state index contributed by atoms with van der Waals surface area (Å²) in [5.74, 6) is -1.58. The SMILES string of the molecule is COc1ccc(OC)c(CC(=O)N[C@H](C(=O)NC(CC(=O)O)C(=O)CSc2ccc(C(C)C)cc2)C(C)C)c1. The minimum Gasteiger partial charge on any atom is -0.497 e. The molecule has 0 aliphatic carbocycles. The van der Waals surface area contributed by atoms with E-state index in [1.54, 1.807) is 32.0 Å². The molecule has 39 heavy (non-hydrogen) atoms. The Morgan fingerprint density at radius 2 is 1.59 bits per heavy atom. The summed E-state index contributed by atoms with van der Waals surface area (Å²) >= 11 is 1.28. The van der Waals surface area contributed by atoms with Crippen molar-refractivity contribution >= 4 is 35.3 Å². The van der Waals surface area contributed by atoms with Crippen LogP contribution >= 0.6 is 11.8 Å². The molecule has 0 spiro atoms. The molecule has 0 aliphatic heterocycles. The first-order valence-electron chi connectivity index (χ1n) is 12.7. The number of thioether (sulfide) groups is 1. The Hall–Kier alpha value is -3.53. The zero-order chi connectivity index (χ0) is 29.1. The molecule has 0 fully saturated rings. The molecule has 2 aromatic rings. The van der Waals surface area contributed by atoms with E-state index in [1.807, 2.05) is 24.3 Å². The van der Waals surface area contributed by atoms with Gasteiger partial charge in [0.1, 0.15) is 17.5 Å². The lowest BCUT2D eigenvalue weighted by Gasteiger charge is -2.25. The molecule has 0 saturated heterocycles. The number of methoxy groups -OCH3 is 2. The van der Waals surface area contributed by atoms with Crippen LogP contribution in [-0.2, 0) is 25.6 Å². The number of ether oxygens (including phenoxy) is 2. The van der Waals surface area contributed by atoms with E-state index in [4.69, 9.17) is 9.47 Å². The van der Waals surface area contributed by atoms with E-state index in [2.05, 4.69) is 24.5 Å². The summed E-state index contributed by atoms with van der Waals surface area (Å²) in [6.45, 7) is 7.68. The van der Waals surface area contributed by atoms with Gasteiger partial charge in [0.25, 0.3) is 0 Å². The van der Waals surface area contributed by atoms with Crippen LogP contribution in [0.2, 0.25) is 0 Å². The largest absolute Gasteiger partial charge is 0.497 e. The van der Waals surface area contributed by atoms with Gasteiger partial charge in [-0.15, -0.1) is 11.8 Å². The summed E-state index contributed by atoms with van der Waals surface area (Å²) < 4.78 is 10.5. The first-order chi connectivity index (χ1) is 18.4. The average Bonchev–Trinajstić information content (AvgIpc) is 2.89. The normalized spacial score (nSPS) is 12.5. The molecule has 212 valence electrons. The maximum Gasteiger partial charge on any atom is 0.305 e. The van der Waals surface area contributed by atoms with Crippen molar-refractivity contribution in [1.82, 2.24) is 10.6 Å². The second kappa shape index (κ2) is 15.2. The Labute approximate surface area is 234 Å². The van der Waals surface area contributed by atoms with Crippen LogP contribution in [0.4, 0.5) is 0 Å². The minimum absolute atomic E-state index is 0.00636. The molecule has 0 saturated carbocycles. The van der Waals surface area contributed by atoms with Crippen LogP contribution in [0, 0.1) is 5.92 Å². The molecule has 3 N–H and O–H groups in total. The van der Waals surface area contributed by atoms with Crippen LogP contribution in [-0.4, -0.2) is 60.7 Å². The van der Waals surface area contributed by atoms with Gasteiger partial charge in [-0.3, -0.25) is 19.2 Å². The molecule has 9 nitrogen and oxygen atoms in total. The fourth-order valence-electron chi connectivity index (χ4n) is 3.84. The van der Waals surface area contributed by atoms with Gasteiger partial charge in [-0.2, -0.15) is 0 Å². The van der Waals surface area contributed by atoms with Crippen molar-refractivity contribution in [2.24, 2.45) is 5.92 Å². The van der Waals surface area contributed by atoms with E-state index >= 15 is 0 Å². The number of amides is 2. The highest BCUT2D eigenvalue weighted by atomic mass is 32.2. The lowest BCUT2D eigenvalue weighted by Crippen LogP contribution is -2.54. The minimum atomic E-state index is -1.23. The number of carbonyl (C=O) groups is 4. The van der Waals surface area contributed by atoms with Gasteiger partial charge in [0.05, 0.1) is 38.9 Å². The Morgan fingerprint density at radius 1 is 0.923 bits per heavy atom. The topological polar surface area (TPSA) is 131 Å². The first-order valence-corrected chi connectivity index (χ1v) is 13.7. The molecule has 2 atom stereocenters. The lowest BCUT2D eigenvalue weighted by molar-refractivity contribution is -0.140. The van der Waals surface area contributed by atoms with Gasteiger partial charge in [0, 0.05) is 10.5 Å². The number of aliphatic carboxylic acids is 1. The average molecular weight is 559 g/mol. The predicted octanol–water partition coefficient (Wildman–Crippen LogP) is 3.83. The summed E-state index contributed by atoms with van der Waals surface area (Å²) in [5, 5.41) is 14.6. The van der Waals surface area contributed by atoms with E-state index in [1.165, 1.54) is 31.5 Å². The molecule has 10 heteroatoms. The molecule has 1 unspecified atom stereocenters. The van der Waals surface area contributed by atoms with Crippen molar-refractivity contribution in [2.45, 2.75) is 63.4 Å². The maximum absolute atomic E-state index is 13.1. The Balaban J connectivity index is 2.08. The van der Waals surface area contributed by atoms with Gasteiger partial charge < -0.3 is 25.2 Å². The van der Waals surface area contributed by atoms with E-state index in [0.29, 0.717) is 23.0 Å². The van der Waals surface area contributed by atoms with E-state index in [9.17, 15) is 24.3 Å². The summed E-state index contributed by atoms with van der Waals surface area (Å²) in [5.41, 5.74) is 1.75. The molecule has 2 aromatic carbocycles. The van der Waals surface area contributed by atoms with Crippen molar-refractivity contribution in [2.75, 3.05) is 20.0 Å². The van der Waals surface area contributed by atoms with Gasteiger partial charge in [0.15, 0.2) is 5.78 Å². The van der Waals surface area contributed by atoms with Crippen LogP contribution in [0.15, 0.2) is 47.4 Å². The van der Waals surface area contributed by atoms with Gasteiger partial charge in [-0.25, -0.2) is 0 Å². The molecule has 0 radical (unpaired) electrons. The number of carbonyl (C=O) groups excluding carboxylic acids is 3. The van der Waals surface area contributed by atoms with Gasteiger partial charge in [-0.1, -0.05) is 39.8 Å². The zero-order valence-electron chi connectivity index (χ0n) is 23.3. The number of ketones is 1.